The van der Waals surface area contributed by atoms with E-state index in [-0.39, 0.29) is 12.5 Å². The van der Waals surface area contributed by atoms with E-state index in [1.165, 1.54) is 0 Å². The molecule has 0 rings (SSSR count). The van der Waals surface area contributed by atoms with Gasteiger partial charge in [0.15, 0.2) is 0 Å². The van der Waals surface area contributed by atoms with Gasteiger partial charge in [-0.1, -0.05) is 13.3 Å². The predicted octanol–water partition coefficient (Wildman–Crippen LogP) is 0.639. The minimum atomic E-state index is -0.456. The fourth-order valence-corrected chi connectivity index (χ4v) is 1.37. The summed E-state index contributed by atoms with van der Waals surface area (Å²) in [5.74, 6) is 0.346. The Balaban J connectivity index is 3.78. The van der Waals surface area contributed by atoms with Crippen molar-refractivity contribution in [3.63, 3.8) is 0 Å². The summed E-state index contributed by atoms with van der Waals surface area (Å²) < 4.78 is 0. The van der Waals surface area contributed by atoms with Crippen LogP contribution in [0.15, 0.2) is 0 Å². The molecule has 0 aliphatic heterocycles. The largest absolute Gasteiger partial charge is 0.396 e. The van der Waals surface area contributed by atoms with Crippen molar-refractivity contribution in [2.75, 3.05) is 13.2 Å². The molecule has 0 aromatic rings. The molecule has 0 aromatic heterocycles. The summed E-state index contributed by atoms with van der Waals surface area (Å²) in [7, 11) is 0. The molecule has 1 amide bonds. The molecule has 4 N–H and O–H groups in total. The first-order valence-corrected chi connectivity index (χ1v) is 5.55. The highest BCUT2D eigenvalue weighted by Gasteiger charge is 2.16. The molecule has 90 valence electrons. The van der Waals surface area contributed by atoms with Crippen molar-refractivity contribution in [1.29, 1.82) is 0 Å². The first kappa shape index (κ1) is 14.4. The van der Waals surface area contributed by atoms with Gasteiger partial charge in [0.25, 0.3) is 0 Å². The van der Waals surface area contributed by atoms with Gasteiger partial charge in [0.2, 0.25) is 5.91 Å². The van der Waals surface area contributed by atoms with Crippen LogP contribution in [0.25, 0.3) is 0 Å². The van der Waals surface area contributed by atoms with Gasteiger partial charge >= 0.3 is 0 Å². The Bertz CT molecular complexity index is 188. The van der Waals surface area contributed by atoms with Gasteiger partial charge in [-0.25, -0.2) is 0 Å². The Kier molecular flexibility index (Phi) is 6.52. The molecule has 0 spiro atoms. The van der Waals surface area contributed by atoms with Crippen LogP contribution >= 0.6 is 0 Å². The number of carbonyl (C=O) groups is 1. The Morgan fingerprint density at radius 3 is 2.53 bits per heavy atom. The molecular formula is C11H24N2O2. The van der Waals surface area contributed by atoms with Crippen LogP contribution in [0.1, 0.15) is 40.0 Å². The Morgan fingerprint density at radius 2 is 2.13 bits per heavy atom. The second kappa shape index (κ2) is 6.80. The van der Waals surface area contributed by atoms with Gasteiger partial charge in [-0.05, 0) is 26.2 Å². The number of hydrogen-bond acceptors (Lipinski definition) is 3. The van der Waals surface area contributed by atoms with Crippen LogP contribution in [-0.2, 0) is 4.79 Å². The van der Waals surface area contributed by atoms with E-state index in [4.69, 9.17) is 10.8 Å². The van der Waals surface area contributed by atoms with Crippen molar-refractivity contribution >= 4 is 5.91 Å². The maximum atomic E-state index is 11.4. The molecule has 4 heteroatoms. The predicted molar refractivity (Wildman–Crippen MR) is 61.4 cm³/mol. The van der Waals surface area contributed by atoms with Gasteiger partial charge in [-0.15, -0.1) is 0 Å². The van der Waals surface area contributed by atoms with Crippen LogP contribution in [0.5, 0.6) is 0 Å². The number of aliphatic hydroxyl groups is 1. The maximum absolute atomic E-state index is 11.4. The van der Waals surface area contributed by atoms with E-state index in [9.17, 15) is 4.79 Å². The summed E-state index contributed by atoms with van der Waals surface area (Å²) in [5, 5.41) is 11.6. The lowest BCUT2D eigenvalue weighted by atomic mass is 10.0. The summed E-state index contributed by atoms with van der Waals surface area (Å²) in [4.78, 5) is 11.4. The van der Waals surface area contributed by atoms with E-state index in [0.717, 1.165) is 12.8 Å². The average molecular weight is 216 g/mol. The van der Waals surface area contributed by atoms with Crippen LogP contribution in [-0.4, -0.2) is 29.7 Å². The lowest BCUT2D eigenvalue weighted by molar-refractivity contribution is -0.122. The standard InChI is InChI=1S/C11H24N2O2/c1-4-9(5-6-14)8-13-10(15)7-11(2,3)12/h9,14H,4-8,12H2,1-3H3,(H,13,15). The highest BCUT2D eigenvalue weighted by atomic mass is 16.3. The Hall–Kier alpha value is -0.610. The summed E-state index contributed by atoms with van der Waals surface area (Å²) in [6.45, 7) is 6.53. The third-order valence-corrected chi connectivity index (χ3v) is 2.32. The van der Waals surface area contributed by atoms with Crippen molar-refractivity contribution in [3.05, 3.63) is 0 Å². The fraction of sp³-hybridized carbons (Fsp3) is 0.909. The molecule has 1 unspecified atom stereocenters. The molecule has 0 fully saturated rings. The number of aliphatic hydroxyl groups excluding tert-OH is 1. The molecule has 4 nitrogen and oxygen atoms in total. The minimum Gasteiger partial charge on any atom is -0.396 e. The van der Waals surface area contributed by atoms with E-state index in [1.54, 1.807) is 0 Å². The normalized spacial score (nSPS) is 13.7. The first-order chi connectivity index (χ1) is 6.89. The molecule has 15 heavy (non-hydrogen) atoms. The second-order valence-electron chi connectivity index (χ2n) is 4.76. The van der Waals surface area contributed by atoms with Crippen molar-refractivity contribution in [2.24, 2.45) is 11.7 Å². The molecule has 0 saturated heterocycles. The number of nitrogens with one attached hydrogen (secondary N) is 1. The van der Waals surface area contributed by atoms with Crippen LogP contribution in [0.4, 0.5) is 0 Å². The highest BCUT2D eigenvalue weighted by molar-refractivity contribution is 5.77. The number of amides is 1. The van der Waals surface area contributed by atoms with E-state index < -0.39 is 5.54 Å². The average Bonchev–Trinajstić information content (AvgIpc) is 2.09. The summed E-state index contributed by atoms with van der Waals surface area (Å²) in [6.07, 6.45) is 2.04. The van der Waals surface area contributed by atoms with Gasteiger partial charge in [0, 0.05) is 25.1 Å². The molecular weight excluding hydrogens is 192 g/mol. The van der Waals surface area contributed by atoms with Crippen LogP contribution in [0.3, 0.4) is 0 Å². The van der Waals surface area contributed by atoms with E-state index >= 15 is 0 Å². The lowest BCUT2D eigenvalue weighted by Gasteiger charge is -2.19. The van der Waals surface area contributed by atoms with Crippen molar-refractivity contribution < 1.29 is 9.90 Å². The lowest BCUT2D eigenvalue weighted by Crippen LogP contribution is -2.40. The zero-order valence-electron chi connectivity index (χ0n) is 10.0. The number of nitrogens with two attached hydrogens (primary N) is 1. The van der Waals surface area contributed by atoms with E-state index in [0.29, 0.717) is 18.9 Å². The summed E-state index contributed by atoms with van der Waals surface area (Å²) in [5.41, 5.74) is 5.28. The van der Waals surface area contributed by atoms with Gasteiger partial charge < -0.3 is 16.2 Å². The van der Waals surface area contributed by atoms with Crippen molar-refractivity contribution in [2.45, 2.75) is 45.6 Å². The molecule has 1 atom stereocenters. The second-order valence-corrected chi connectivity index (χ2v) is 4.76. The molecule has 0 aliphatic carbocycles. The number of carbonyl (C=O) groups excluding carboxylic acids is 1. The topological polar surface area (TPSA) is 75.3 Å². The molecule has 0 radical (unpaired) electrons. The minimum absolute atomic E-state index is 0.0149. The number of rotatable bonds is 7. The van der Waals surface area contributed by atoms with Crippen LogP contribution in [0, 0.1) is 5.92 Å². The molecule has 0 aliphatic rings. The van der Waals surface area contributed by atoms with Crippen LogP contribution < -0.4 is 11.1 Å². The quantitative estimate of drug-likeness (QED) is 0.584. The fourth-order valence-electron chi connectivity index (χ4n) is 1.37. The third kappa shape index (κ3) is 8.39. The summed E-state index contributed by atoms with van der Waals surface area (Å²) >= 11 is 0. The zero-order valence-corrected chi connectivity index (χ0v) is 10.0. The van der Waals surface area contributed by atoms with Crippen molar-refractivity contribution in [1.82, 2.24) is 5.32 Å². The third-order valence-electron chi connectivity index (χ3n) is 2.32. The molecule has 0 bridgehead atoms. The van der Waals surface area contributed by atoms with Gasteiger partial charge in [0.1, 0.15) is 0 Å². The molecule has 0 heterocycles. The van der Waals surface area contributed by atoms with Gasteiger partial charge in [-0.2, -0.15) is 0 Å². The SMILES string of the molecule is CCC(CCO)CNC(=O)CC(C)(C)N. The Morgan fingerprint density at radius 1 is 1.53 bits per heavy atom. The van der Waals surface area contributed by atoms with Crippen molar-refractivity contribution in [3.8, 4) is 0 Å². The first-order valence-electron chi connectivity index (χ1n) is 5.55. The van der Waals surface area contributed by atoms with E-state index in [2.05, 4.69) is 12.2 Å². The smallest absolute Gasteiger partial charge is 0.221 e. The molecule has 0 aromatic carbocycles. The monoisotopic (exact) mass is 216 g/mol. The molecule has 0 saturated carbocycles. The number of hydrogen-bond donors (Lipinski definition) is 3. The van der Waals surface area contributed by atoms with Crippen LogP contribution in [0.2, 0.25) is 0 Å². The Labute approximate surface area is 92.2 Å². The van der Waals surface area contributed by atoms with Gasteiger partial charge in [-0.3, -0.25) is 4.79 Å². The summed E-state index contributed by atoms with van der Waals surface area (Å²) in [6, 6.07) is 0. The zero-order chi connectivity index (χ0) is 11.9. The highest BCUT2D eigenvalue weighted by Crippen LogP contribution is 2.07. The van der Waals surface area contributed by atoms with Gasteiger partial charge in [0.05, 0.1) is 0 Å². The maximum Gasteiger partial charge on any atom is 0.221 e. The van der Waals surface area contributed by atoms with E-state index in [1.807, 2.05) is 13.8 Å².